The molecule has 0 unspecified atom stereocenters. The number of rotatable bonds is 5. The Balaban J connectivity index is 1.94. The van der Waals surface area contributed by atoms with Crippen LogP contribution in [0.3, 0.4) is 0 Å². The molecule has 0 aliphatic heterocycles. The third-order valence-corrected chi connectivity index (χ3v) is 2.85. The van der Waals surface area contributed by atoms with E-state index in [1.165, 1.54) is 0 Å². The van der Waals surface area contributed by atoms with E-state index < -0.39 is 12.0 Å². The summed E-state index contributed by atoms with van der Waals surface area (Å²) in [5.41, 5.74) is 1.96. The van der Waals surface area contributed by atoms with Crippen LogP contribution in [0.15, 0.2) is 22.9 Å². The van der Waals surface area contributed by atoms with E-state index >= 15 is 0 Å². The monoisotopic (exact) mass is 300 g/mol. The largest absolute Gasteiger partial charge is 0.455 e. The van der Waals surface area contributed by atoms with Crippen LogP contribution in [0.1, 0.15) is 29.9 Å². The van der Waals surface area contributed by atoms with Gasteiger partial charge in [-0.1, -0.05) is 18.1 Å². The highest BCUT2D eigenvalue weighted by Crippen LogP contribution is 2.26. The molecule has 0 radical (unpaired) electrons. The quantitative estimate of drug-likeness (QED) is 0.849. The Morgan fingerprint density at radius 3 is 2.52 bits per heavy atom. The fourth-order valence-corrected chi connectivity index (χ4v) is 1.76. The average molecular weight is 300 g/mol. The summed E-state index contributed by atoms with van der Waals surface area (Å²) in [6.07, 6.45) is -1.89. The molecule has 0 fully saturated rings. The normalized spacial score (nSPS) is 12.1. The topological polar surface area (TPSA) is 55.1 Å². The second-order valence-electron chi connectivity index (χ2n) is 4.69. The van der Waals surface area contributed by atoms with Crippen LogP contribution in [0.4, 0.5) is 13.2 Å². The van der Waals surface area contributed by atoms with Crippen molar-refractivity contribution >= 4 is 0 Å². The number of hydrogen-bond acceptors (Lipinski definition) is 5. The van der Waals surface area contributed by atoms with E-state index in [-0.39, 0.29) is 12.4 Å². The first-order valence-electron chi connectivity index (χ1n) is 6.40. The maximum atomic E-state index is 12.3. The predicted molar refractivity (Wildman–Crippen MR) is 68.1 cm³/mol. The molecule has 0 saturated heterocycles. The van der Waals surface area contributed by atoms with Gasteiger partial charge in [0.25, 0.3) is 5.82 Å². The molecule has 8 heteroatoms. The maximum Gasteiger partial charge on any atom is 0.455 e. The molecule has 21 heavy (non-hydrogen) atoms. The summed E-state index contributed by atoms with van der Waals surface area (Å²) >= 11 is 0. The van der Waals surface area contributed by atoms with Gasteiger partial charge in [0.05, 0.1) is 12.2 Å². The van der Waals surface area contributed by atoms with Crippen molar-refractivity contribution in [3.63, 3.8) is 0 Å². The minimum absolute atomic E-state index is 0.0741. The third kappa shape index (κ3) is 4.25. The first kappa shape index (κ1) is 15.4. The molecule has 0 spiro atoms. The Kier molecular flexibility index (Phi) is 4.56. The zero-order valence-corrected chi connectivity index (χ0v) is 11.7. The van der Waals surface area contributed by atoms with Gasteiger partial charge in [0.1, 0.15) is 0 Å². The lowest BCUT2D eigenvalue weighted by molar-refractivity contribution is -0.146. The van der Waals surface area contributed by atoms with Crippen LogP contribution in [0.2, 0.25) is 0 Å². The van der Waals surface area contributed by atoms with Crippen molar-refractivity contribution in [3.8, 4) is 0 Å². The van der Waals surface area contributed by atoms with Crippen molar-refractivity contribution in [3.05, 3.63) is 41.3 Å². The molecule has 0 amide bonds. The fraction of sp³-hybridized carbons (Fsp3) is 0.462. The lowest BCUT2D eigenvalue weighted by Gasteiger charge is -2.13. The Morgan fingerprint density at radius 1 is 1.24 bits per heavy atom. The highest BCUT2D eigenvalue weighted by molar-refractivity contribution is 5.13. The second-order valence-corrected chi connectivity index (χ2v) is 4.69. The van der Waals surface area contributed by atoms with Crippen molar-refractivity contribution in [1.82, 2.24) is 20.0 Å². The Hall–Kier alpha value is -1.96. The predicted octanol–water partition coefficient (Wildman–Crippen LogP) is 2.68. The van der Waals surface area contributed by atoms with E-state index in [0.717, 1.165) is 17.7 Å². The highest BCUT2D eigenvalue weighted by atomic mass is 19.4. The molecule has 5 nitrogen and oxygen atoms in total. The summed E-state index contributed by atoms with van der Waals surface area (Å²) in [5, 5.41) is 2.92. The van der Waals surface area contributed by atoms with E-state index in [1.807, 2.05) is 19.1 Å². The lowest BCUT2D eigenvalue weighted by atomic mass is 10.2. The third-order valence-electron chi connectivity index (χ3n) is 2.85. The van der Waals surface area contributed by atoms with Crippen LogP contribution < -0.4 is 0 Å². The molecule has 2 aromatic heterocycles. The smallest absolute Gasteiger partial charge is 0.338 e. The Morgan fingerprint density at radius 2 is 2.00 bits per heavy atom. The van der Waals surface area contributed by atoms with Crippen LogP contribution in [0, 0.1) is 0 Å². The zero-order chi connectivity index (χ0) is 15.5. The van der Waals surface area contributed by atoms with Crippen molar-refractivity contribution in [1.29, 1.82) is 0 Å². The van der Waals surface area contributed by atoms with Crippen LogP contribution in [0.5, 0.6) is 0 Å². The molecule has 2 heterocycles. The standard InChI is InChI=1S/C13H15F3N4O/c1-3-9-4-5-10(17-6-9)7-20(2)8-11-18-12(19-21-11)13(14,15)16/h4-6H,3,7-8H2,1-2H3. The van der Waals surface area contributed by atoms with E-state index in [9.17, 15) is 13.2 Å². The number of aromatic nitrogens is 3. The molecule has 2 rings (SSSR count). The first-order chi connectivity index (χ1) is 9.88. The van der Waals surface area contributed by atoms with Gasteiger partial charge < -0.3 is 4.52 Å². The van der Waals surface area contributed by atoms with Gasteiger partial charge in [-0.05, 0) is 25.1 Å². The molecule has 114 valence electrons. The fourth-order valence-electron chi connectivity index (χ4n) is 1.76. The minimum Gasteiger partial charge on any atom is -0.338 e. The van der Waals surface area contributed by atoms with Gasteiger partial charge in [0.2, 0.25) is 5.89 Å². The van der Waals surface area contributed by atoms with Crippen LogP contribution >= 0.6 is 0 Å². The van der Waals surface area contributed by atoms with Crippen molar-refractivity contribution < 1.29 is 17.7 Å². The van der Waals surface area contributed by atoms with Gasteiger partial charge in [-0.2, -0.15) is 18.2 Å². The molecule has 0 aliphatic carbocycles. The SMILES string of the molecule is CCc1ccc(CN(C)Cc2nc(C(F)(F)F)no2)nc1. The number of alkyl halides is 3. The summed E-state index contributed by atoms with van der Waals surface area (Å²) in [4.78, 5) is 9.36. The van der Waals surface area contributed by atoms with E-state index in [0.29, 0.717) is 6.54 Å². The second kappa shape index (κ2) is 6.21. The molecular weight excluding hydrogens is 285 g/mol. The zero-order valence-electron chi connectivity index (χ0n) is 11.7. The Labute approximate surface area is 119 Å². The minimum atomic E-state index is -4.59. The molecule has 0 bridgehead atoms. The van der Waals surface area contributed by atoms with Crippen LogP contribution in [-0.2, 0) is 25.7 Å². The van der Waals surface area contributed by atoms with Gasteiger partial charge in [0, 0.05) is 12.7 Å². The van der Waals surface area contributed by atoms with Gasteiger partial charge in [-0.25, -0.2) is 0 Å². The number of pyridine rings is 1. The van der Waals surface area contributed by atoms with Crippen molar-refractivity contribution in [2.45, 2.75) is 32.6 Å². The van der Waals surface area contributed by atoms with Crippen molar-refractivity contribution in [2.24, 2.45) is 0 Å². The number of hydrogen-bond donors (Lipinski definition) is 0. The summed E-state index contributed by atoms with van der Waals surface area (Å²) in [7, 11) is 1.74. The Bertz CT molecular complexity index is 580. The van der Waals surface area contributed by atoms with Gasteiger partial charge in [0.15, 0.2) is 0 Å². The summed E-state index contributed by atoms with van der Waals surface area (Å²) < 4.78 is 41.6. The van der Waals surface area contributed by atoms with E-state index in [4.69, 9.17) is 0 Å². The number of aryl methyl sites for hydroxylation is 1. The first-order valence-corrected chi connectivity index (χ1v) is 6.40. The average Bonchev–Trinajstić information content (AvgIpc) is 2.88. The van der Waals surface area contributed by atoms with Crippen LogP contribution in [0.25, 0.3) is 0 Å². The highest BCUT2D eigenvalue weighted by Gasteiger charge is 2.37. The molecule has 0 N–H and O–H groups in total. The number of nitrogens with zero attached hydrogens (tertiary/aromatic N) is 4. The molecule has 2 aromatic rings. The summed E-state index contributed by atoms with van der Waals surface area (Å²) in [6.45, 7) is 2.64. The molecule has 0 aromatic carbocycles. The van der Waals surface area contributed by atoms with Gasteiger partial charge in [-0.15, -0.1) is 0 Å². The van der Waals surface area contributed by atoms with Crippen molar-refractivity contribution in [2.75, 3.05) is 7.05 Å². The van der Waals surface area contributed by atoms with Gasteiger partial charge in [-0.3, -0.25) is 9.88 Å². The van der Waals surface area contributed by atoms with Gasteiger partial charge >= 0.3 is 6.18 Å². The molecule has 0 saturated carbocycles. The molecule has 0 atom stereocenters. The maximum absolute atomic E-state index is 12.3. The van der Waals surface area contributed by atoms with E-state index in [1.54, 1.807) is 18.1 Å². The molecular formula is C13H15F3N4O. The molecule has 0 aliphatic rings. The summed E-state index contributed by atoms with van der Waals surface area (Å²) in [6, 6.07) is 3.87. The summed E-state index contributed by atoms with van der Waals surface area (Å²) in [5.74, 6) is -1.33. The number of halogens is 3. The van der Waals surface area contributed by atoms with E-state index in [2.05, 4.69) is 19.6 Å². The van der Waals surface area contributed by atoms with Crippen LogP contribution in [-0.4, -0.2) is 27.1 Å². The lowest BCUT2D eigenvalue weighted by Crippen LogP contribution is -2.18.